The van der Waals surface area contributed by atoms with Gasteiger partial charge in [0.2, 0.25) is 10.0 Å². The molecule has 0 unspecified atom stereocenters. The smallest absolute Gasteiger partial charge is 0.251 e. The lowest BCUT2D eigenvalue weighted by atomic mass is 9.78. The van der Waals surface area contributed by atoms with Gasteiger partial charge in [0.05, 0.1) is 18.6 Å². The molecule has 0 saturated heterocycles. The fraction of sp³-hybridized carbons (Fsp3) is 0.348. The lowest BCUT2D eigenvalue weighted by molar-refractivity contribution is 0.0942. The van der Waals surface area contributed by atoms with Crippen LogP contribution in [0.15, 0.2) is 53.4 Å². The van der Waals surface area contributed by atoms with Crippen LogP contribution in [0.2, 0.25) is 0 Å². The minimum atomic E-state index is -3.68. The molecule has 0 spiro atoms. The van der Waals surface area contributed by atoms with Crippen LogP contribution in [0, 0.1) is 12.3 Å². The van der Waals surface area contributed by atoms with Crippen LogP contribution in [-0.4, -0.2) is 34.5 Å². The van der Waals surface area contributed by atoms with Crippen molar-refractivity contribution in [3.05, 3.63) is 59.7 Å². The van der Waals surface area contributed by atoms with E-state index < -0.39 is 10.0 Å². The number of nitrogens with one attached hydrogen (secondary N) is 2. The van der Waals surface area contributed by atoms with Gasteiger partial charge in [0.25, 0.3) is 5.91 Å². The molecule has 1 aliphatic carbocycles. The zero-order valence-electron chi connectivity index (χ0n) is 17.0. The maximum atomic E-state index is 12.7. The Morgan fingerprint density at radius 1 is 1.13 bits per heavy atom. The molecule has 1 fully saturated rings. The lowest BCUT2D eigenvalue weighted by Crippen LogP contribution is -2.39. The molecule has 1 aliphatic rings. The minimum Gasteiger partial charge on any atom is -0.496 e. The van der Waals surface area contributed by atoms with E-state index in [2.05, 4.69) is 22.0 Å². The summed E-state index contributed by atoms with van der Waals surface area (Å²) in [5.74, 6) is 2.83. The second-order valence-corrected chi connectivity index (χ2v) is 9.19. The van der Waals surface area contributed by atoms with E-state index in [9.17, 15) is 13.2 Å². The summed E-state index contributed by atoms with van der Waals surface area (Å²) in [5, 5.41) is 3.04. The van der Waals surface area contributed by atoms with Gasteiger partial charge in [-0.05, 0) is 43.2 Å². The van der Waals surface area contributed by atoms with Crippen LogP contribution in [0.4, 0.5) is 0 Å². The second kappa shape index (κ2) is 9.33. The van der Waals surface area contributed by atoms with Crippen LogP contribution >= 0.6 is 0 Å². The van der Waals surface area contributed by atoms with Gasteiger partial charge in [-0.1, -0.05) is 37.0 Å². The fourth-order valence-electron chi connectivity index (χ4n) is 4.03. The van der Waals surface area contributed by atoms with Crippen molar-refractivity contribution in [3.8, 4) is 18.1 Å². The van der Waals surface area contributed by atoms with Crippen LogP contribution in [0.1, 0.15) is 41.6 Å². The number of sulfonamides is 1. The topological polar surface area (TPSA) is 84.5 Å². The van der Waals surface area contributed by atoms with Crippen LogP contribution in [0.5, 0.6) is 5.75 Å². The molecular formula is C23H26N2O4S. The van der Waals surface area contributed by atoms with Crippen molar-refractivity contribution in [1.82, 2.24) is 10.0 Å². The normalized spacial score (nSPS) is 15.3. The van der Waals surface area contributed by atoms with Crippen LogP contribution < -0.4 is 14.8 Å². The van der Waals surface area contributed by atoms with Gasteiger partial charge in [0.15, 0.2) is 0 Å². The SMILES string of the molecule is C#CCNS(=O)(=O)c1ccc(C(=O)NCC2(c3ccccc3OC)CCCC2)cc1. The second-order valence-electron chi connectivity index (χ2n) is 7.42. The van der Waals surface area contributed by atoms with Crippen molar-refractivity contribution in [1.29, 1.82) is 0 Å². The number of carbonyl (C=O) groups excluding carboxylic acids is 1. The standard InChI is InChI=1S/C23H26N2O4S/c1-3-16-25-30(27,28)19-12-10-18(11-13-19)22(26)24-17-23(14-6-7-15-23)20-8-4-5-9-21(20)29-2/h1,4-5,8-13,25H,6-7,14-17H2,2H3,(H,24,26). The third-order valence-electron chi connectivity index (χ3n) is 5.62. The molecule has 7 heteroatoms. The van der Waals surface area contributed by atoms with E-state index >= 15 is 0 Å². The Morgan fingerprint density at radius 2 is 1.80 bits per heavy atom. The van der Waals surface area contributed by atoms with Crippen molar-refractivity contribution < 1.29 is 17.9 Å². The van der Waals surface area contributed by atoms with Gasteiger partial charge in [0.1, 0.15) is 5.75 Å². The fourth-order valence-corrected chi connectivity index (χ4v) is 4.97. The highest BCUT2D eigenvalue weighted by molar-refractivity contribution is 7.89. The molecule has 0 radical (unpaired) electrons. The molecule has 0 aliphatic heterocycles. The lowest BCUT2D eigenvalue weighted by Gasteiger charge is -2.31. The molecule has 6 nitrogen and oxygen atoms in total. The number of methoxy groups -OCH3 is 1. The molecule has 2 N–H and O–H groups in total. The Bertz CT molecular complexity index is 1030. The summed E-state index contributed by atoms with van der Waals surface area (Å²) in [6.45, 7) is 0.408. The molecule has 1 saturated carbocycles. The molecule has 0 bridgehead atoms. The highest BCUT2D eigenvalue weighted by Gasteiger charge is 2.38. The average Bonchev–Trinajstić information content (AvgIpc) is 3.26. The molecular weight excluding hydrogens is 400 g/mol. The van der Waals surface area contributed by atoms with Gasteiger partial charge in [0, 0.05) is 23.1 Å². The molecule has 2 aromatic carbocycles. The molecule has 158 valence electrons. The average molecular weight is 427 g/mol. The van der Waals surface area contributed by atoms with Gasteiger partial charge in [-0.25, -0.2) is 8.42 Å². The van der Waals surface area contributed by atoms with Gasteiger partial charge >= 0.3 is 0 Å². The summed E-state index contributed by atoms with van der Waals surface area (Å²) in [6.07, 6.45) is 9.26. The van der Waals surface area contributed by atoms with Gasteiger partial charge < -0.3 is 10.1 Å². The van der Waals surface area contributed by atoms with Crippen molar-refractivity contribution >= 4 is 15.9 Å². The van der Waals surface area contributed by atoms with Crippen molar-refractivity contribution in [2.45, 2.75) is 36.0 Å². The van der Waals surface area contributed by atoms with Gasteiger partial charge in [-0.3, -0.25) is 4.79 Å². The van der Waals surface area contributed by atoms with E-state index in [0.29, 0.717) is 12.1 Å². The quantitative estimate of drug-likeness (QED) is 0.636. The number of amides is 1. The third-order valence-corrected chi connectivity index (χ3v) is 7.03. The summed E-state index contributed by atoms with van der Waals surface area (Å²) < 4.78 is 32.1. The predicted octanol–water partition coefficient (Wildman–Crippen LogP) is 2.85. The van der Waals surface area contributed by atoms with E-state index in [1.54, 1.807) is 7.11 Å². The van der Waals surface area contributed by atoms with Crippen LogP contribution in [0.3, 0.4) is 0 Å². The predicted molar refractivity (Wildman–Crippen MR) is 116 cm³/mol. The Labute approximate surface area is 178 Å². The first kappa shape index (κ1) is 21.9. The summed E-state index contributed by atoms with van der Waals surface area (Å²) in [7, 11) is -2.02. The van der Waals surface area contributed by atoms with E-state index in [4.69, 9.17) is 11.2 Å². The first-order valence-electron chi connectivity index (χ1n) is 9.87. The largest absolute Gasteiger partial charge is 0.496 e. The number of benzene rings is 2. The summed E-state index contributed by atoms with van der Waals surface area (Å²) in [5.41, 5.74) is 1.36. The van der Waals surface area contributed by atoms with E-state index in [1.165, 1.54) is 24.3 Å². The minimum absolute atomic E-state index is 0.0654. The molecule has 1 amide bonds. The molecule has 3 rings (SSSR count). The van der Waals surface area contributed by atoms with Crippen LogP contribution in [0.25, 0.3) is 0 Å². The third kappa shape index (κ3) is 4.66. The first-order valence-corrected chi connectivity index (χ1v) is 11.3. The summed E-state index contributed by atoms with van der Waals surface area (Å²) in [6, 6.07) is 13.8. The number of hydrogen-bond donors (Lipinski definition) is 2. The van der Waals surface area contributed by atoms with E-state index in [-0.39, 0.29) is 22.8 Å². The Balaban J connectivity index is 1.73. The number of carbonyl (C=O) groups is 1. The molecule has 0 aromatic heterocycles. The van der Waals surface area contributed by atoms with Crippen molar-refractivity contribution in [2.75, 3.05) is 20.2 Å². The number of rotatable bonds is 8. The zero-order valence-corrected chi connectivity index (χ0v) is 17.8. The highest BCUT2D eigenvalue weighted by Crippen LogP contribution is 2.44. The van der Waals surface area contributed by atoms with Crippen molar-refractivity contribution in [3.63, 3.8) is 0 Å². The number of terminal acetylenes is 1. The summed E-state index contributed by atoms with van der Waals surface area (Å²) in [4.78, 5) is 12.8. The van der Waals surface area contributed by atoms with Gasteiger partial charge in [-0.2, -0.15) is 4.72 Å². The van der Waals surface area contributed by atoms with E-state index in [0.717, 1.165) is 37.0 Å². The van der Waals surface area contributed by atoms with Gasteiger partial charge in [-0.15, -0.1) is 6.42 Å². The number of ether oxygens (including phenoxy) is 1. The zero-order chi connectivity index (χ0) is 21.6. The highest BCUT2D eigenvalue weighted by atomic mass is 32.2. The maximum Gasteiger partial charge on any atom is 0.251 e. The number of para-hydroxylation sites is 1. The Morgan fingerprint density at radius 3 is 2.43 bits per heavy atom. The maximum absolute atomic E-state index is 12.7. The molecule has 0 atom stereocenters. The molecule has 0 heterocycles. The van der Waals surface area contributed by atoms with Crippen molar-refractivity contribution in [2.24, 2.45) is 0 Å². The Hall–Kier alpha value is -2.82. The molecule has 30 heavy (non-hydrogen) atoms. The summed E-state index contributed by atoms with van der Waals surface area (Å²) >= 11 is 0. The monoisotopic (exact) mass is 426 g/mol. The number of hydrogen-bond acceptors (Lipinski definition) is 4. The van der Waals surface area contributed by atoms with E-state index in [1.807, 2.05) is 18.2 Å². The van der Waals surface area contributed by atoms with Crippen LogP contribution in [-0.2, 0) is 15.4 Å². The molecule has 2 aromatic rings. The first-order chi connectivity index (χ1) is 14.4. The Kier molecular flexibility index (Phi) is 6.80.